The molecule has 43 heavy (non-hydrogen) atoms. The number of pyridine rings is 1. The van der Waals surface area contributed by atoms with Gasteiger partial charge in [-0.1, -0.05) is 53.5 Å². The van der Waals surface area contributed by atoms with E-state index in [2.05, 4.69) is 15.3 Å². The fraction of sp³-hybridized carbons (Fsp3) is 0.233. The van der Waals surface area contributed by atoms with Gasteiger partial charge in [0.25, 0.3) is 12.0 Å². The van der Waals surface area contributed by atoms with Gasteiger partial charge in [-0.25, -0.2) is 28.5 Å². The molecule has 0 unspecified atom stereocenters. The number of hydrogen-bond acceptors (Lipinski definition) is 7. The number of aryl methyl sites for hydroxylation is 2. The minimum Gasteiger partial charge on any atom is -0.481 e. The quantitative estimate of drug-likeness (QED) is 0.238. The Balaban J connectivity index is 1.48. The lowest BCUT2D eigenvalue weighted by molar-refractivity contribution is 0.141. The van der Waals surface area contributed by atoms with Gasteiger partial charge in [-0.05, 0) is 37.0 Å². The monoisotopic (exact) mass is 624 g/mol. The smallest absolute Gasteiger partial charge is 0.332 e. The molecule has 13 heteroatoms. The SMILES string of the molecule is COc1nc(-c2cccc(-c3cccc(Nc4nc(C(F)F)nc5c4c(=O)n(C)c(=O)n5C)c3Cl)c2Cl)cc2c1CCC2. The second kappa shape index (κ2) is 11.1. The maximum atomic E-state index is 13.8. The van der Waals surface area contributed by atoms with Crippen LogP contribution in [0.1, 0.15) is 29.8 Å². The van der Waals surface area contributed by atoms with Crippen molar-refractivity contribution >= 4 is 45.7 Å². The number of aromatic nitrogens is 5. The van der Waals surface area contributed by atoms with Gasteiger partial charge in [-0.15, -0.1) is 0 Å². The van der Waals surface area contributed by atoms with Crippen molar-refractivity contribution in [3.8, 4) is 28.3 Å². The number of halogens is 4. The highest BCUT2D eigenvalue weighted by atomic mass is 35.5. The molecule has 9 nitrogen and oxygen atoms in total. The highest BCUT2D eigenvalue weighted by Crippen LogP contribution is 2.43. The van der Waals surface area contributed by atoms with Crippen LogP contribution in [0.25, 0.3) is 33.4 Å². The van der Waals surface area contributed by atoms with E-state index >= 15 is 0 Å². The van der Waals surface area contributed by atoms with Crippen LogP contribution in [0.3, 0.4) is 0 Å². The molecule has 0 saturated heterocycles. The molecule has 5 aromatic rings. The maximum absolute atomic E-state index is 13.8. The van der Waals surface area contributed by atoms with E-state index in [-0.39, 0.29) is 27.6 Å². The lowest BCUT2D eigenvalue weighted by Gasteiger charge is -2.17. The van der Waals surface area contributed by atoms with Gasteiger partial charge in [-0.2, -0.15) is 0 Å². The van der Waals surface area contributed by atoms with E-state index < -0.39 is 23.5 Å². The summed E-state index contributed by atoms with van der Waals surface area (Å²) in [6.45, 7) is 0. The minimum absolute atomic E-state index is 0.146. The van der Waals surface area contributed by atoms with E-state index in [1.54, 1.807) is 25.3 Å². The summed E-state index contributed by atoms with van der Waals surface area (Å²) < 4.78 is 34.9. The van der Waals surface area contributed by atoms with Crippen LogP contribution in [0, 0.1) is 0 Å². The van der Waals surface area contributed by atoms with Crippen molar-refractivity contribution in [3.05, 3.63) is 90.3 Å². The number of hydrogen-bond donors (Lipinski definition) is 1. The molecule has 0 amide bonds. The summed E-state index contributed by atoms with van der Waals surface area (Å²) >= 11 is 13.9. The van der Waals surface area contributed by atoms with Gasteiger partial charge < -0.3 is 10.1 Å². The Labute approximate surface area is 253 Å². The molecule has 1 N–H and O–H groups in total. The van der Waals surface area contributed by atoms with Gasteiger partial charge in [0, 0.05) is 36.3 Å². The average molecular weight is 625 g/mol. The van der Waals surface area contributed by atoms with Crippen molar-refractivity contribution in [3.63, 3.8) is 0 Å². The molecule has 0 saturated carbocycles. The Hall–Kier alpha value is -4.35. The summed E-state index contributed by atoms with van der Waals surface area (Å²) in [6.07, 6.45) is -0.181. The topological polar surface area (TPSA) is 104 Å². The molecule has 2 aromatic carbocycles. The van der Waals surface area contributed by atoms with Gasteiger partial charge in [0.2, 0.25) is 5.88 Å². The molecule has 0 fully saturated rings. The number of benzene rings is 2. The fourth-order valence-electron chi connectivity index (χ4n) is 5.42. The molecule has 220 valence electrons. The third kappa shape index (κ3) is 4.82. The van der Waals surface area contributed by atoms with Crippen LogP contribution in [0.5, 0.6) is 5.88 Å². The zero-order chi connectivity index (χ0) is 30.6. The van der Waals surface area contributed by atoms with Gasteiger partial charge in [-0.3, -0.25) is 13.9 Å². The Morgan fingerprint density at radius 2 is 1.63 bits per heavy atom. The maximum Gasteiger partial charge on any atom is 0.332 e. The van der Waals surface area contributed by atoms with Crippen LogP contribution >= 0.6 is 23.2 Å². The Morgan fingerprint density at radius 3 is 2.35 bits per heavy atom. The standard InChI is InChI=1S/C30H24Cl2F2N6O3/c1-39-27-21(29(41)40(2)30(39)42)25(37-26(38-27)24(33)34)35-19-12-6-10-17(23(19)32)16-9-5-11-18(22(16)31)20-13-14-7-4-8-15(14)28(36-20)43-3/h5-6,9-13,24H,4,7-8H2,1-3H3,(H,35,37,38). The first-order valence-corrected chi connectivity index (χ1v) is 14.0. The highest BCUT2D eigenvalue weighted by Gasteiger charge is 2.24. The number of fused-ring (bicyclic) bond motifs is 2. The van der Waals surface area contributed by atoms with E-state index in [0.717, 1.165) is 34.0 Å². The lowest BCUT2D eigenvalue weighted by atomic mass is 9.99. The summed E-state index contributed by atoms with van der Waals surface area (Å²) in [5.74, 6) is -0.483. The molecule has 3 aromatic heterocycles. The minimum atomic E-state index is -3.06. The molecule has 0 bridgehead atoms. The van der Waals surface area contributed by atoms with Crippen molar-refractivity contribution in [2.45, 2.75) is 25.7 Å². The third-order valence-corrected chi connectivity index (χ3v) is 8.39. The van der Waals surface area contributed by atoms with Gasteiger partial charge in [0.1, 0.15) is 11.2 Å². The van der Waals surface area contributed by atoms with Crippen LogP contribution in [-0.2, 0) is 26.9 Å². The summed E-state index contributed by atoms with van der Waals surface area (Å²) in [4.78, 5) is 38.0. The molecule has 0 aliphatic heterocycles. The van der Waals surface area contributed by atoms with Crippen LogP contribution in [0.15, 0.2) is 52.1 Å². The first-order valence-electron chi connectivity index (χ1n) is 13.3. The average Bonchev–Trinajstić information content (AvgIpc) is 3.48. The number of rotatable bonds is 6. The fourth-order valence-corrected chi connectivity index (χ4v) is 6.02. The highest BCUT2D eigenvalue weighted by molar-refractivity contribution is 6.39. The van der Waals surface area contributed by atoms with Crippen LogP contribution < -0.4 is 21.3 Å². The second-order valence-electron chi connectivity index (χ2n) is 10.1. The molecule has 1 aliphatic carbocycles. The number of nitrogens with zero attached hydrogens (tertiary/aromatic N) is 5. The summed E-state index contributed by atoms with van der Waals surface area (Å²) in [5.41, 5.74) is 3.37. The molecule has 6 rings (SSSR count). The molecule has 0 atom stereocenters. The molecule has 0 radical (unpaired) electrons. The predicted molar refractivity (Wildman–Crippen MR) is 162 cm³/mol. The van der Waals surface area contributed by atoms with Crippen molar-refractivity contribution in [2.24, 2.45) is 14.1 Å². The first-order chi connectivity index (χ1) is 20.6. The van der Waals surface area contributed by atoms with Crippen molar-refractivity contribution in [2.75, 3.05) is 12.4 Å². The second-order valence-corrected chi connectivity index (χ2v) is 10.9. The molecule has 3 heterocycles. The summed E-state index contributed by atoms with van der Waals surface area (Å²) in [5, 5.41) is 3.39. The number of nitrogens with one attached hydrogen (secondary N) is 1. The molecule has 0 spiro atoms. The summed E-state index contributed by atoms with van der Waals surface area (Å²) in [6, 6.07) is 12.6. The number of ether oxygens (including phenoxy) is 1. The Bertz CT molecular complexity index is 2060. The molecular weight excluding hydrogens is 601 g/mol. The third-order valence-electron chi connectivity index (χ3n) is 7.57. The first kappa shape index (κ1) is 28.8. The van der Waals surface area contributed by atoms with E-state index in [4.69, 9.17) is 32.9 Å². The van der Waals surface area contributed by atoms with E-state index in [1.807, 2.05) is 24.3 Å². The van der Waals surface area contributed by atoms with Crippen LogP contribution in [0.2, 0.25) is 10.0 Å². The zero-order valence-electron chi connectivity index (χ0n) is 23.2. The Morgan fingerprint density at radius 1 is 0.930 bits per heavy atom. The number of alkyl halides is 2. The molecular formula is C30H24Cl2F2N6O3. The largest absolute Gasteiger partial charge is 0.481 e. The zero-order valence-corrected chi connectivity index (χ0v) is 24.7. The number of methoxy groups -OCH3 is 1. The van der Waals surface area contributed by atoms with E-state index in [0.29, 0.717) is 33.3 Å². The number of anilines is 2. The van der Waals surface area contributed by atoms with Crippen molar-refractivity contribution in [1.82, 2.24) is 24.1 Å². The van der Waals surface area contributed by atoms with Crippen LogP contribution in [-0.4, -0.2) is 31.2 Å². The predicted octanol–water partition coefficient (Wildman–Crippen LogP) is 6.24. The Kier molecular flexibility index (Phi) is 7.39. The molecule has 1 aliphatic rings. The van der Waals surface area contributed by atoms with Crippen molar-refractivity contribution < 1.29 is 13.5 Å². The van der Waals surface area contributed by atoms with Crippen molar-refractivity contribution in [1.29, 1.82) is 0 Å². The van der Waals surface area contributed by atoms with Gasteiger partial charge in [0.15, 0.2) is 11.5 Å². The van der Waals surface area contributed by atoms with Gasteiger partial charge >= 0.3 is 5.69 Å². The lowest BCUT2D eigenvalue weighted by Crippen LogP contribution is -2.38. The van der Waals surface area contributed by atoms with Crippen LogP contribution in [0.4, 0.5) is 20.3 Å². The van der Waals surface area contributed by atoms with Gasteiger partial charge in [0.05, 0.1) is 28.5 Å². The normalized spacial score (nSPS) is 12.7. The van der Waals surface area contributed by atoms with E-state index in [1.165, 1.54) is 19.7 Å². The van der Waals surface area contributed by atoms with E-state index in [9.17, 15) is 18.4 Å². The summed E-state index contributed by atoms with van der Waals surface area (Å²) in [7, 11) is 4.22.